The molecule has 3 N–H and O–H groups in total. The minimum atomic E-state index is -0.139. The Kier molecular flexibility index (Phi) is 5.13. The maximum atomic E-state index is 12.1. The number of carbonyl (C=O) groups is 1. The number of aromatic nitrogens is 4. The fourth-order valence-corrected chi connectivity index (χ4v) is 2.62. The van der Waals surface area contributed by atoms with E-state index in [1.54, 1.807) is 35.6 Å². The number of benzene rings is 1. The van der Waals surface area contributed by atoms with Crippen molar-refractivity contribution in [1.29, 1.82) is 5.26 Å². The summed E-state index contributed by atoms with van der Waals surface area (Å²) in [4.78, 5) is 13.2. The molecule has 0 radical (unpaired) electrons. The van der Waals surface area contributed by atoms with E-state index >= 15 is 0 Å². The molecular formula is C16H13N7OS. The monoisotopic (exact) mass is 351 g/mol. The van der Waals surface area contributed by atoms with Crippen molar-refractivity contribution in [2.45, 2.75) is 6.54 Å². The minimum Gasteiger partial charge on any atom is -0.360 e. The lowest BCUT2D eigenvalue weighted by Gasteiger charge is -2.05. The number of nitrogens with zero attached hydrogens (tertiary/aromatic N) is 4. The Bertz CT molecular complexity index is 893. The van der Waals surface area contributed by atoms with Gasteiger partial charge in [-0.1, -0.05) is 6.07 Å². The Morgan fingerprint density at radius 2 is 2.16 bits per heavy atom. The highest BCUT2D eigenvalue weighted by Crippen LogP contribution is 2.13. The highest BCUT2D eigenvalue weighted by molar-refractivity contribution is 7.09. The normalized spacial score (nSPS) is 10.9. The third-order valence-corrected chi connectivity index (χ3v) is 4.12. The molecule has 0 atom stereocenters. The van der Waals surface area contributed by atoms with Gasteiger partial charge >= 0.3 is 0 Å². The molecule has 2 heterocycles. The van der Waals surface area contributed by atoms with Crippen molar-refractivity contribution in [1.82, 2.24) is 25.9 Å². The maximum Gasteiger partial charge on any atom is 0.251 e. The van der Waals surface area contributed by atoms with Crippen LogP contribution >= 0.6 is 11.3 Å². The Labute approximate surface area is 147 Å². The number of allylic oxidation sites excluding steroid dienone is 1. The number of aromatic amines is 1. The number of thiophene rings is 1. The fraction of sp³-hybridized carbons (Fsp3) is 0.0625. The summed E-state index contributed by atoms with van der Waals surface area (Å²) in [6, 6.07) is 12.8. The van der Waals surface area contributed by atoms with Crippen molar-refractivity contribution >= 4 is 28.5 Å². The molecule has 0 aliphatic rings. The van der Waals surface area contributed by atoms with Gasteiger partial charge in [0.15, 0.2) is 0 Å². The van der Waals surface area contributed by atoms with Crippen LogP contribution in [0.25, 0.3) is 5.57 Å². The van der Waals surface area contributed by atoms with Crippen LogP contribution in [0, 0.1) is 11.3 Å². The second kappa shape index (κ2) is 7.85. The molecule has 0 fully saturated rings. The Balaban J connectivity index is 1.60. The molecule has 8 nitrogen and oxygen atoms in total. The van der Waals surface area contributed by atoms with E-state index < -0.39 is 0 Å². The molecular weight excluding hydrogens is 338 g/mol. The summed E-state index contributed by atoms with van der Waals surface area (Å²) in [5.41, 5.74) is 1.53. The molecule has 1 aromatic carbocycles. The lowest BCUT2D eigenvalue weighted by molar-refractivity contribution is 0.0951. The second-order valence-electron chi connectivity index (χ2n) is 4.89. The first-order valence-corrected chi connectivity index (χ1v) is 8.15. The zero-order valence-corrected chi connectivity index (χ0v) is 13.7. The molecule has 2 aromatic heterocycles. The Morgan fingerprint density at radius 3 is 2.80 bits per heavy atom. The number of nitrogens with one attached hydrogen (secondary N) is 3. The Morgan fingerprint density at radius 1 is 1.32 bits per heavy atom. The molecule has 3 aromatic rings. The van der Waals surface area contributed by atoms with Crippen molar-refractivity contribution in [3.05, 3.63) is 64.2 Å². The van der Waals surface area contributed by atoms with Crippen molar-refractivity contribution < 1.29 is 4.79 Å². The van der Waals surface area contributed by atoms with Gasteiger partial charge in [-0.2, -0.15) is 10.5 Å². The second-order valence-corrected chi connectivity index (χ2v) is 5.92. The zero-order chi connectivity index (χ0) is 17.5. The number of hydrogen-bond acceptors (Lipinski definition) is 7. The van der Waals surface area contributed by atoms with Gasteiger partial charge in [-0.05, 0) is 40.9 Å². The minimum absolute atomic E-state index is 0.139. The summed E-state index contributed by atoms with van der Waals surface area (Å²) in [6.45, 7) is 0.509. The van der Waals surface area contributed by atoms with Gasteiger partial charge in [0.2, 0.25) is 5.82 Å². The van der Waals surface area contributed by atoms with Crippen LogP contribution in [0.15, 0.2) is 48.0 Å². The van der Waals surface area contributed by atoms with Gasteiger partial charge in [0, 0.05) is 22.3 Å². The van der Waals surface area contributed by atoms with Crippen LogP contribution in [0.3, 0.4) is 0 Å². The fourth-order valence-electron chi connectivity index (χ4n) is 1.98. The van der Waals surface area contributed by atoms with E-state index in [2.05, 4.69) is 31.3 Å². The molecule has 1 amide bonds. The predicted octanol–water partition coefficient (Wildman–Crippen LogP) is 2.17. The quantitative estimate of drug-likeness (QED) is 0.586. The molecule has 0 saturated carbocycles. The summed E-state index contributed by atoms with van der Waals surface area (Å²) in [5, 5.41) is 30.1. The summed E-state index contributed by atoms with van der Waals surface area (Å²) in [5.74, 6) is 0.0691. The van der Waals surface area contributed by atoms with E-state index in [9.17, 15) is 4.79 Å². The van der Waals surface area contributed by atoms with Crippen LogP contribution < -0.4 is 10.6 Å². The zero-order valence-electron chi connectivity index (χ0n) is 12.9. The number of amides is 1. The molecule has 3 rings (SSSR count). The summed E-state index contributed by atoms with van der Waals surface area (Å²) >= 11 is 1.60. The van der Waals surface area contributed by atoms with Gasteiger partial charge in [-0.3, -0.25) is 4.79 Å². The maximum absolute atomic E-state index is 12.1. The van der Waals surface area contributed by atoms with E-state index in [1.165, 1.54) is 6.20 Å². The number of rotatable bonds is 6. The first-order valence-electron chi connectivity index (χ1n) is 7.27. The van der Waals surface area contributed by atoms with Crippen molar-refractivity contribution in [2.24, 2.45) is 0 Å². The topological polar surface area (TPSA) is 119 Å². The number of nitriles is 1. The van der Waals surface area contributed by atoms with E-state index in [4.69, 9.17) is 5.26 Å². The average molecular weight is 351 g/mol. The van der Waals surface area contributed by atoms with Gasteiger partial charge in [0.25, 0.3) is 5.91 Å². The van der Waals surface area contributed by atoms with Crippen LogP contribution in [-0.4, -0.2) is 26.5 Å². The lowest BCUT2D eigenvalue weighted by atomic mass is 10.2. The van der Waals surface area contributed by atoms with Crippen LogP contribution in [0.2, 0.25) is 0 Å². The highest BCUT2D eigenvalue weighted by Gasteiger charge is 2.07. The summed E-state index contributed by atoms with van der Waals surface area (Å²) < 4.78 is 0. The first-order chi connectivity index (χ1) is 12.3. The number of hydrogen-bond donors (Lipinski definition) is 3. The average Bonchev–Trinajstić information content (AvgIpc) is 3.35. The summed E-state index contributed by atoms with van der Waals surface area (Å²) in [6.07, 6.45) is 1.48. The lowest BCUT2D eigenvalue weighted by Crippen LogP contribution is -2.22. The smallest absolute Gasteiger partial charge is 0.251 e. The molecule has 0 aliphatic carbocycles. The molecule has 9 heteroatoms. The van der Waals surface area contributed by atoms with Crippen LogP contribution in [-0.2, 0) is 6.54 Å². The van der Waals surface area contributed by atoms with Crippen molar-refractivity contribution in [2.75, 3.05) is 5.32 Å². The van der Waals surface area contributed by atoms with Gasteiger partial charge in [-0.15, -0.1) is 21.5 Å². The standard InChI is InChI=1S/C16H13N7OS/c17-8-12(15-20-22-23-21-15)9-18-13-5-3-11(4-6-13)16(24)19-10-14-2-1-7-25-14/h1-7,9,18H,10H2,(H,19,24)(H,20,21,22,23). The van der Waals surface area contributed by atoms with E-state index in [-0.39, 0.29) is 17.3 Å². The molecule has 0 bridgehead atoms. The van der Waals surface area contributed by atoms with Gasteiger partial charge < -0.3 is 10.6 Å². The number of H-pyrrole nitrogens is 1. The van der Waals surface area contributed by atoms with Gasteiger partial charge in [-0.25, -0.2) is 0 Å². The number of carbonyl (C=O) groups excluding carboxylic acids is 1. The predicted molar refractivity (Wildman–Crippen MR) is 93.3 cm³/mol. The molecule has 0 saturated heterocycles. The molecule has 0 aliphatic heterocycles. The van der Waals surface area contributed by atoms with E-state index in [0.717, 1.165) is 10.6 Å². The van der Waals surface area contributed by atoms with Gasteiger partial charge in [0.05, 0.1) is 6.54 Å². The number of anilines is 1. The third kappa shape index (κ3) is 4.27. The molecule has 124 valence electrons. The van der Waals surface area contributed by atoms with Crippen molar-refractivity contribution in [3.63, 3.8) is 0 Å². The van der Waals surface area contributed by atoms with E-state index in [1.807, 2.05) is 23.6 Å². The number of tetrazole rings is 1. The SMILES string of the molecule is N#CC(=CNc1ccc(C(=O)NCc2cccs2)cc1)c1nn[nH]n1. The van der Waals surface area contributed by atoms with Crippen LogP contribution in [0.5, 0.6) is 0 Å². The molecule has 0 spiro atoms. The molecule has 0 unspecified atom stereocenters. The first kappa shape index (κ1) is 16.4. The Hall–Kier alpha value is -3.51. The summed E-state index contributed by atoms with van der Waals surface area (Å²) in [7, 11) is 0. The van der Waals surface area contributed by atoms with E-state index in [0.29, 0.717) is 12.1 Å². The molecule has 25 heavy (non-hydrogen) atoms. The van der Waals surface area contributed by atoms with Crippen LogP contribution in [0.4, 0.5) is 5.69 Å². The third-order valence-electron chi connectivity index (χ3n) is 3.24. The van der Waals surface area contributed by atoms with Gasteiger partial charge in [0.1, 0.15) is 11.6 Å². The van der Waals surface area contributed by atoms with Crippen LogP contribution in [0.1, 0.15) is 21.1 Å². The largest absolute Gasteiger partial charge is 0.360 e. The highest BCUT2D eigenvalue weighted by atomic mass is 32.1. The van der Waals surface area contributed by atoms with Crippen molar-refractivity contribution in [3.8, 4) is 6.07 Å².